The first-order valence-corrected chi connectivity index (χ1v) is 6.61. The number of nitrogens with one attached hydrogen (secondary N) is 2. The van der Waals surface area contributed by atoms with Gasteiger partial charge >= 0.3 is 6.03 Å². The SMILES string of the molecule is COc1ccc(/C=C/NC(=O)NCCCN(C)C)cc1. The Kier molecular flexibility index (Phi) is 7.21. The molecule has 0 fully saturated rings. The standard InChI is InChI=1S/C15H23N3O2/c1-18(2)12-4-10-16-15(19)17-11-9-13-5-7-14(20-3)8-6-13/h5-9,11H,4,10,12H2,1-3H3,(H2,16,17,19)/b11-9+. The normalized spacial score (nSPS) is 10.8. The Morgan fingerprint density at radius 3 is 2.60 bits per heavy atom. The van der Waals surface area contributed by atoms with Gasteiger partial charge in [0.15, 0.2) is 0 Å². The fourth-order valence-electron chi connectivity index (χ4n) is 1.58. The van der Waals surface area contributed by atoms with Gasteiger partial charge in [0.1, 0.15) is 5.75 Å². The molecule has 0 unspecified atom stereocenters. The van der Waals surface area contributed by atoms with E-state index in [2.05, 4.69) is 15.5 Å². The molecule has 20 heavy (non-hydrogen) atoms. The fourth-order valence-corrected chi connectivity index (χ4v) is 1.58. The second-order valence-corrected chi connectivity index (χ2v) is 4.66. The summed E-state index contributed by atoms with van der Waals surface area (Å²) in [6.07, 6.45) is 4.39. The summed E-state index contributed by atoms with van der Waals surface area (Å²) >= 11 is 0. The maximum atomic E-state index is 11.5. The average Bonchev–Trinajstić information content (AvgIpc) is 2.44. The minimum atomic E-state index is -0.187. The molecular formula is C15H23N3O2. The van der Waals surface area contributed by atoms with Gasteiger partial charge in [0, 0.05) is 12.7 Å². The Bertz CT molecular complexity index is 427. The molecule has 0 atom stereocenters. The number of nitrogens with zero attached hydrogens (tertiary/aromatic N) is 1. The Labute approximate surface area is 120 Å². The van der Waals surface area contributed by atoms with Crippen LogP contribution in [-0.4, -0.2) is 45.2 Å². The summed E-state index contributed by atoms with van der Waals surface area (Å²) in [6, 6.07) is 7.41. The van der Waals surface area contributed by atoms with Crippen molar-refractivity contribution in [3.05, 3.63) is 36.0 Å². The van der Waals surface area contributed by atoms with E-state index in [1.165, 1.54) is 0 Å². The number of hydrogen-bond donors (Lipinski definition) is 2. The monoisotopic (exact) mass is 277 g/mol. The van der Waals surface area contributed by atoms with E-state index in [1.54, 1.807) is 13.3 Å². The van der Waals surface area contributed by atoms with Crippen LogP contribution in [0.4, 0.5) is 4.79 Å². The van der Waals surface area contributed by atoms with Crippen molar-refractivity contribution in [3.63, 3.8) is 0 Å². The second kappa shape index (κ2) is 8.98. The molecule has 1 aromatic rings. The van der Waals surface area contributed by atoms with Crippen LogP contribution in [0.15, 0.2) is 30.5 Å². The second-order valence-electron chi connectivity index (χ2n) is 4.66. The highest BCUT2D eigenvalue weighted by molar-refractivity contribution is 5.75. The van der Waals surface area contributed by atoms with Crippen LogP contribution in [0.3, 0.4) is 0 Å². The molecular weight excluding hydrogens is 254 g/mol. The van der Waals surface area contributed by atoms with E-state index in [0.29, 0.717) is 6.54 Å². The van der Waals surface area contributed by atoms with Crippen LogP contribution in [0.2, 0.25) is 0 Å². The fraction of sp³-hybridized carbons (Fsp3) is 0.400. The zero-order valence-corrected chi connectivity index (χ0v) is 12.3. The van der Waals surface area contributed by atoms with Crippen LogP contribution in [0, 0.1) is 0 Å². The number of benzene rings is 1. The highest BCUT2D eigenvalue weighted by atomic mass is 16.5. The van der Waals surface area contributed by atoms with Crippen molar-refractivity contribution in [2.24, 2.45) is 0 Å². The molecule has 0 aromatic heterocycles. The van der Waals surface area contributed by atoms with Crippen molar-refractivity contribution >= 4 is 12.1 Å². The van der Waals surface area contributed by atoms with Crippen LogP contribution < -0.4 is 15.4 Å². The van der Waals surface area contributed by atoms with E-state index < -0.39 is 0 Å². The lowest BCUT2D eigenvalue weighted by Gasteiger charge is -2.09. The zero-order valence-electron chi connectivity index (χ0n) is 12.3. The molecule has 0 saturated heterocycles. The van der Waals surface area contributed by atoms with E-state index in [9.17, 15) is 4.79 Å². The van der Waals surface area contributed by atoms with Gasteiger partial charge in [0.25, 0.3) is 0 Å². The van der Waals surface area contributed by atoms with E-state index in [-0.39, 0.29) is 6.03 Å². The average molecular weight is 277 g/mol. The van der Waals surface area contributed by atoms with Crippen LogP contribution >= 0.6 is 0 Å². The predicted molar refractivity (Wildman–Crippen MR) is 81.7 cm³/mol. The van der Waals surface area contributed by atoms with E-state index in [0.717, 1.165) is 24.3 Å². The first-order chi connectivity index (χ1) is 9.61. The molecule has 0 bridgehead atoms. The molecule has 110 valence electrons. The number of urea groups is 1. The van der Waals surface area contributed by atoms with Crippen molar-refractivity contribution in [1.29, 1.82) is 0 Å². The first-order valence-electron chi connectivity index (χ1n) is 6.61. The minimum absolute atomic E-state index is 0.187. The summed E-state index contributed by atoms with van der Waals surface area (Å²) in [7, 11) is 5.66. The maximum Gasteiger partial charge on any atom is 0.318 e. The number of methoxy groups -OCH3 is 1. The lowest BCUT2D eigenvalue weighted by atomic mass is 10.2. The molecule has 5 nitrogen and oxygen atoms in total. The van der Waals surface area contributed by atoms with Crippen LogP contribution in [0.1, 0.15) is 12.0 Å². The van der Waals surface area contributed by atoms with Crippen molar-refractivity contribution in [2.45, 2.75) is 6.42 Å². The van der Waals surface area contributed by atoms with Gasteiger partial charge in [-0.3, -0.25) is 0 Å². The summed E-state index contributed by atoms with van der Waals surface area (Å²) in [5, 5.41) is 5.47. The number of hydrogen-bond acceptors (Lipinski definition) is 3. The molecule has 0 aliphatic heterocycles. The highest BCUT2D eigenvalue weighted by Crippen LogP contribution is 2.11. The number of ether oxygens (including phenoxy) is 1. The molecule has 0 heterocycles. The molecule has 0 spiro atoms. The van der Waals surface area contributed by atoms with Crippen molar-refractivity contribution in [3.8, 4) is 5.75 Å². The Morgan fingerprint density at radius 2 is 2.00 bits per heavy atom. The van der Waals surface area contributed by atoms with Gasteiger partial charge in [-0.15, -0.1) is 0 Å². The molecule has 0 radical (unpaired) electrons. The van der Waals surface area contributed by atoms with Crippen molar-refractivity contribution in [1.82, 2.24) is 15.5 Å². The van der Waals surface area contributed by atoms with Gasteiger partial charge in [0.05, 0.1) is 7.11 Å². The largest absolute Gasteiger partial charge is 0.497 e. The molecule has 1 aromatic carbocycles. The van der Waals surface area contributed by atoms with Gasteiger partial charge in [-0.1, -0.05) is 12.1 Å². The van der Waals surface area contributed by atoms with Gasteiger partial charge in [-0.25, -0.2) is 4.79 Å². The number of rotatable bonds is 7. The summed E-state index contributed by atoms with van der Waals surface area (Å²) in [5.41, 5.74) is 0.999. The quantitative estimate of drug-likeness (QED) is 0.749. The van der Waals surface area contributed by atoms with Gasteiger partial charge in [-0.05, 0) is 50.8 Å². The predicted octanol–water partition coefficient (Wildman–Crippen LogP) is 1.92. The Hall–Kier alpha value is -2.01. The third-order valence-electron chi connectivity index (χ3n) is 2.67. The summed E-state index contributed by atoms with van der Waals surface area (Å²) in [6.45, 7) is 1.63. The lowest BCUT2D eigenvalue weighted by molar-refractivity contribution is 0.243. The van der Waals surface area contributed by atoms with Crippen LogP contribution in [-0.2, 0) is 0 Å². The topological polar surface area (TPSA) is 53.6 Å². The van der Waals surface area contributed by atoms with Crippen molar-refractivity contribution < 1.29 is 9.53 Å². The third kappa shape index (κ3) is 6.80. The van der Waals surface area contributed by atoms with Gasteiger partial charge in [0.2, 0.25) is 0 Å². The van der Waals surface area contributed by atoms with Crippen LogP contribution in [0.5, 0.6) is 5.75 Å². The molecule has 2 N–H and O–H groups in total. The van der Waals surface area contributed by atoms with Gasteiger partial charge in [-0.2, -0.15) is 0 Å². The molecule has 0 aliphatic rings. The lowest BCUT2D eigenvalue weighted by Crippen LogP contribution is -2.33. The van der Waals surface area contributed by atoms with Crippen molar-refractivity contribution in [2.75, 3.05) is 34.3 Å². The molecule has 2 amide bonds. The van der Waals surface area contributed by atoms with E-state index >= 15 is 0 Å². The Balaban J connectivity index is 2.23. The minimum Gasteiger partial charge on any atom is -0.497 e. The number of carbonyl (C=O) groups is 1. The first kappa shape index (κ1) is 16.0. The van der Waals surface area contributed by atoms with Gasteiger partial charge < -0.3 is 20.3 Å². The summed E-state index contributed by atoms with van der Waals surface area (Å²) < 4.78 is 5.08. The molecule has 5 heteroatoms. The summed E-state index contributed by atoms with van der Waals surface area (Å²) in [4.78, 5) is 13.6. The number of carbonyl (C=O) groups excluding carboxylic acids is 1. The Morgan fingerprint density at radius 1 is 1.30 bits per heavy atom. The molecule has 1 rings (SSSR count). The number of amides is 2. The zero-order chi connectivity index (χ0) is 14.8. The smallest absolute Gasteiger partial charge is 0.318 e. The highest BCUT2D eigenvalue weighted by Gasteiger charge is 1.96. The van der Waals surface area contributed by atoms with E-state index in [1.807, 2.05) is 44.4 Å². The maximum absolute atomic E-state index is 11.5. The third-order valence-corrected chi connectivity index (χ3v) is 2.67. The molecule has 0 aliphatic carbocycles. The van der Waals surface area contributed by atoms with E-state index in [4.69, 9.17) is 4.74 Å². The van der Waals surface area contributed by atoms with Crippen LogP contribution in [0.25, 0.3) is 6.08 Å². The molecule has 0 saturated carbocycles. The summed E-state index contributed by atoms with van der Waals surface area (Å²) in [5.74, 6) is 0.814.